The number of amides is 1. The van der Waals surface area contributed by atoms with Crippen molar-refractivity contribution < 1.29 is 9.90 Å². The van der Waals surface area contributed by atoms with Crippen LogP contribution in [0.5, 0.6) is 5.75 Å². The number of hydrogen-bond donors (Lipinski definition) is 3. The third kappa shape index (κ3) is 3.24. The topological polar surface area (TPSA) is 61.4 Å². The predicted octanol–water partition coefficient (Wildman–Crippen LogP) is 0.925. The van der Waals surface area contributed by atoms with Gasteiger partial charge in [-0.2, -0.15) is 0 Å². The second-order valence-electron chi connectivity index (χ2n) is 3.85. The van der Waals surface area contributed by atoms with Crippen LogP contribution in [0.2, 0.25) is 0 Å². The zero-order valence-corrected chi connectivity index (χ0v) is 9.87. The average Bonchev–Trinajstić information content (AvgIpc) is 2.28. The fourth-order valence-electron chi connectivity index (χ4n) is 1.43. The molecule has 0 saturated carbocycles. The molecule has 1 atom stereocenters. The molecule has 0 fully saturated rings. The molecule has 0 bridgehead atoms. The lowest BCUT2D eigenvalue weighted by Gasteiger charge is -2.13. The SMILES string of the molecule is CNC(=O)C(C)NCc1cc(C)ccc1O. The molecule has 1 aromatic carbocycles. The van der Waals surface area contributed by atoms with Gasteiger partial charge in [0.15, 0.2) is 0 Å². The highest BCUT2D eigenvalue weighted by atomic mass is 16.3. The van der Waals surface area contributed by atoms with E-state index in [1.165, 1.54) is 0 Å². The first-order valence-corrected chi connectivity index (χ1v) is 5.28. The Balaban J connectivity index is 2.60. The Morgan fingerprint density at radius 1 is 1.50 bits per heavy atom. The minimum absolute atomic E-state index is 0.0628. The molecule has 0 aliphatic heterocycles. The average molecular weight is 222 g/mol. The molecule has 1 rings (SSSR count). The number of phenolic OH excluding ortho intramolecular Hbond substituents is 1. The van der Waals surface area contributed by atoms with Crippen LogP contribution in [0.1, 0.15) is 18.1 Å². The summed E-state index contributed by atoms with van der Waals surface area (Å²) < 4.78 is 0. The number of aryl methyl sites for hydroxylation is 1. The van der Waals surface area contributed by atoms with E-state index in [4.69, 9.17) is 0 Å². The lowest BCUT2D eigenvalue weighted by molar-refractivity contribution is -0.122. The molecule has 16 heavy (non-hydrogen) atoms. The highest BCUT2D eigenvalue weighted by Crippen LogP contribution is 2.17. The third-order valence-corrected chi connectivity index (χ3v) is 2.47. The van der Waals surface area contributed by atoms with Gasteiger partial charge < -0.3 is 15.7 Å². The molecule has 0 aromatic heterocycles. The molecule has 0 heterocycles. The van der Waals surface area contributed by atoms with Crippen LogP contribution in [0.3, 0.4) is 0 Å². The van der Waals surface area contributed by atoms with Crippen LogP contribution in [-0.4, -0.2) is 24.1 Å². The van der Waals surface area contributed by atoms with E-state index in [1.807, 2.05) is 19.1 Å². The van der Waals surface area contributed by atoms with Crippen molar-refractivity contribution >= 4 is 5.91 Å². The molecule has 1 aromatic rings. The molecule has 4 heteroatoms. The summed E-state index contributed by atoms with van der Waals surface area (Å²) in [5.41, 5.74) is 1.89. The molecule has 0 radical (unpaired) electrons. The number of likely N-dealkylation sites (N-methyl/N-ethyl adjacent to an activating group) is 1. The van der Waals surface area contributed by atoms with Crippen molar-refractivity contribution in [1.29, 1.82) is 0 Å². The van der Waals surface area contributed by atoms with Crippen molar-refractivity contribution in [2.45, 2.75) is 26.4 Å². The Labute approximate surface area is 95.7 Å². The van der Waals surface area contributed by atoms with Crippen LogP contribution in [0.4, 0.5) is 0 Å². The Morgan fingerprint density at radius 3 is 2.81 bits per heavy atom. The number of nitrogens with one attached hydrogen (secondary N) is 2. The van der Waals surface area contributed by atoms with Gasteiger partial charge in [0.05, 0.1) is 6.04 Å². The first-order chi connectivity index (χ1) is 7.54. The molecule has 1 amide bonds. The largest absolute Gasteiger partial charge is 0.508 e. The number of benzene rings is 1. The maximum absolute atomic E-state index is 11.2. The number of rotatable bonds is 4. The van der Waals surface area contributed by atoms with Gasteiger partial charge >= 0.3 is 0 Å². The zero-order valence-electron chi connectivity index (χ0n) is 9.87. The maximum atomic E-state index is 11.2. The van der Waals surface area contributed by atoms with Gasteiger partial charge in [0.1, 0.15) is 5.75 Å². The molecule has 0 aliphatic carbocycles. The molecule has 0 saturated heterocycles. The maximum Gasteiger partial charge on any atom is 0.236 e. The fraction of sp³-hybridized carbons (Fsp3) is 0.417. The van der Waals surface area contributed by atoms with Gasteiger partial charge in [-0.15, -0.1) is 0 Å². The van der Waals surface area contributed by atoms with E-state index in [9.17, 15) is 9.90 Å². The van der Waals surface area contributed by atoms with Crippen molar-refractivity contribution in [1.82, 2.24) is 10.6 Å². The standard InChI is InChI=1S/C12H18N2O2/c1-8-4-5-11(15)10(6-8)7-14-9(2)12(16)13-3/h4-6,9,14-15H,7H2,1-3H3,(H,13,16). The summed E-state index contributed by atoms with van der Waals surface area (Å²) in [6.45, 7) is 4.22. The normalized spacial score (nSPS) is 12.2. The van der Waals surface area contributed by atoms with Crippen LogP contribution in [0.25, 0.3) is 0 Å². The molecule has 0 spiro atoms. The molecular weight excluding hydrogens is 204 g/mol. The van der Waals surface area contributed by atoms with Gasteiger partial charge in [-0.3, -0.25) is 4.79 Å². The summed E-state index contributed by atoms with van der Waals surface area (Å²) in [7, 11) is 1.60. The van der Waals surface area contributed by atoms with E-state index >= 15 is 0 Å². The first-order valence-electron chi connectivity index (χ1n) is 5.28. The van der Waals surface area contributed by atoms with Crippen molar-refractivity contribution in [3.63, 3.8) is 0 Å². The molecule has 88 valence electrons. The van der Waals surface area contributed by atoms with Crippen molar-refractivity contribution in [2.75, 3.05) is 7.05 Å². The number of carbonyl (C=O) groups excluding carboxylic acids is 1. The summed E-state index contributed by atoms with van der Waals surface area (Å²) in [4.78, 5) is 11.2. The molecule has 1 unspecified atom stereocenters. The highest BCUT2D eigenvalue weighted by molar-refractivity contribution is 5.80. The number of aromatic hydroxyl groups is 1. The van der Waals surface area contributed by atoms with Gasteiger partial charge in [-0.05, 0) is 19.9 Å². The van der Waals surface area contributed by atoms with E-state index in [2.05, 4.69) is 10.6 Å². The second-order valence-corrected chi connectivity index (χ2v) is 3.85. The summed E-state index contributed by atoms with van der Waals surface area (Å²) in [5.74, 6) is 0.189. The van der Waals surface area contributed by atoms with Gasteiger partial charge in [-0.25, -0.2) is 0 Å². The van der Waals surface area contributed by atoms with Gasteiger partial charge in [0, 0.05) is 19.2 Å². The van der Waals surface area contributed by atoms with Gasteiger partial charge in [0.25, 0.3) is 0 Å². The fourth-order valence-corrected chi connectivity index (χ4v) is 1.43. The minimum Gasteiger partial charge on any atom is -0.508 e. The number of carbonyl (C=O) groups is 1. The quantitative estimate of drug-likeness (QED) is 0.710. The van der Waals surface area contributed by atoms with Crippen molar-refractivity contribution in [2.24, 2.45) is 0 Å². The van der Waals surface area contributed by atoms with Crippen LogP contribution in [0.15, 0.2) is 18.2 Å². The third-order valence-electron chi connectivity index (χ3n) is 2.47. The summed E-state index contributed by atoms with van der Waals surface area (Å²) in [6, 6.07) is 5.14. The molecule has 4 nitrogen and oxygen atoms in total. The van der Waals surface area contributed by atoms with E-state index < -0.39 is 0 Å². The van der Waals surface area contributed by atoms with Gasteiger partial charge in [0.2, 0.25) is 5.91 Å². The van der Waals surface area contributed by atoms with Crippen molar-refractivity contribution in [3.8, 4) is 5.75 Å². The molecule has 3 N–H and O–H groups in total. The number of hydrogen-bond acceptors (Lipinski definition) is 3. The molecular formula is C12H18N2O2. The Hall–Kier alpha value is -1.55. The van der Waals surface area contributed by atoms with E-state index in [-0.39, 0.29) is 17.7 Å². The van der Waals surface area contributed by atoms with Crippen molar-refractivity contribution in [3.05, 3.63) is 29.3 Å². The first kappa shape index (κ1) is 12.5. The smallest absolute Gasteiger partial charge is 0.236 e. The summed E-state index contributed by atoms with van der Waals surface area (Å²) >= 11 is 0. The Kier molecular flexibility index (Phi) is 4.31. The summed E-state index contributed by atoms with van der Waals surface area (Å²) in [6.07, 6.45) is 0. The monoisotopic (exact) mass is 222 g/mol. The predicted molar refractivity (Wildman–Crippen MR) is 63.2 cm³/mol. The minimum atomic E-state index is -0.273. The van der Waals surface area contributed by atoms with E-state index in [0.717, 1.165) is 11.1 Å². The van der Waals surface area contributed by atoms with Gasteiger partial charge in [-0.1, -0.05) is 17.7 Å². The van der Waals surface area contributed by atoms with Crippen LogP contribution >= 0.6 is 0 Å². The second kappa shape index (κ2) is 5.51. The van der Waals surface area contributed by atoms with E-state index in [0.29, 0.717) is 6.54 Å². The lowest BCUT2D eigenvalue weighted by atomic mass is 10.1. The molecule has 0 aliphatic rings. The Morgan fingerprint density at radius 2 is 2.19 bits per heavy atom. The highest BCUT2D eigenvalue weighted by Gasteiger charge is 2.10. The zero-order chi connectivity index (χ0) is 12.1. The lowest BCUT2D eigenvalue weighted by Crippen LogP contribution is -2.40. The van der Waals surface area contributed by atoms with E-state index in [1.54, 1.807) is 20.0 Å². The Bertz CT molecular complexity index is 377. The van der Waals surface area contributed by atoms with Crippen LogP contribution < -0.4 is 10.6 Å². The van der Waals surface area contributed by atoms with Crippen LogP contribution in [0, 0.1) is 6.92 Å². The number of phenols is 1. The summed E-state index contributed by atoms with van der Waals surface area (Å²) in [5, 5.41) is 15.2. The van der Waals surface area contributed by atoms with Crippen LogP contribution in [-0.2, 0) is 11.3 Å².